The highest BCUT2D eigenvalue weighted by Crippen LogP contribution is 2.24. The lowest BCUT2D eigenvalue weighted by Crippen LogP contribution is -2.32. The summed E-state index contributed by atoms with van der Waals surface area (Å²) in [6.07, 6.45) is 2.23. The molecule has 0 bridgehead atoms. The lowest BCUT2D eigenvalue weighted by molar-refractivity contribution is 0.368. The Kier molecular flexibility index (Phi) is 4.72. The minimum absolute atomic E-state index is 0.102. The van der Waals surface area contributed by atoms with Crippen molar-refractivity contribution in [2.75, 3.05) is 0 Å². The minimum Gasteiger partial charge on any atom is -0.271 e. The van der Waals surface area contributed by atoms with Gasteiger partial charge in [-0.3, -0.25) is 11.3 Å². The van der Waals surface area contributed by atoms with Gasteiger partial charge in [0.2, 0.25) is 0 Å². The van der Waals surface area contributed by atoms with Crippen molar-refractivity contribution in [2.24, 2.45) is 11.8 Å². The van der Waals surface area contributed by atoms with E-state index in [0.717, 1.165) is 18.4 Å². The van der Waals surface area contributed by atoms with E-state index in [1.807, 2.05) is 0 Å². The van der Waals surface area contributed by atoms with Gasteiger partial charge in [0.1, 0.15) is 5.82 Å². The summed E-state index contributed by atoms with van der Waals surface area (Å²) < 4.78 is 12.8. The van der Waals surface area contributed by atoms with Gasteiger partial charge in [-0.1, -0.05) is 32.4 Å². The maximum atomic E-state index is 12.8. The molecule has 0 amide bonds. The third-order valence-corrected chi connectivity index (χ3v) is 2.72. The summed E-state index contributed by atoms with van der Waals surface area (Å²) in [5, 5.41) is 0. The highest BCUT2D eigenvalue weighted by Gasteiger charge is 2.16. The van der Waals surface area contributed by atoms with Crippen LogP contribution in [0.5, 0.6) is 0 Å². The van der Waals surface area contributed by atoms with Crippen LogP contribution in [0.3, 0.4) is 0 Å². The van der Waals surface area contributed by atoms with Crippen molar-refractivity contribution < 1.29 is 4.39 Å². The summed E-state index contributed by atoms with van der Waals surface area (Å²) in [5.41, 5.74) is 3.84. The first kappa shape index (κ1) is 12.1. The number of hydrogen-bond donors (Lipinski definition) is 2. The monoisotopic (exact) mass is 210 g/mol. The molecule has 1 aromatic carbocycles. The third-order valence-electron chi connectivity index (χ3n) is 2.72. The SMILES string of the molecule is CCCC(C)C(NN)c1ccc(F)cc1. The molecular formula is C12H19FN2. The molecule has 0 aliphatic heterocycles. The number of halogens is 1. The molecule has 0 saturated carbocycles. The standard InChI is InChI=1S/C12H19FN2/c1-3-4-9(2)12(15-14)10-5-7-11(13)8-6-10/h5-9,12,15H,3-4,14H2,1-2H3. The molecule has 0 aliphatic rings. The predicted octanol–water partition coefficient (Wildman–Crippen LogP) is 2.77. The second kappa shape index (κ2) is 5.83. The number of nitrogens with one attached hydrogen (secondary N) is 1. The fraction of sp³-hybridized carbons (Fsp3) is 0.500. The van der Waals surface area contributed by atoms with E-state index in [-0.39, 0.29) is 11.9 Å². The molecule has 0 radical (unpaired) electrons. The molecule has 0 aromatic heterocycles. The second-order valence-electron chi connectivity index (χ2n) is 3.96. The van der Waals surface area contributed by atoms with Crippen molar-refractivity contribution in [1.29, 1.82) is 0 Å². The normalized spacial score (nSPS) is 14.9. The van der Waals surface area contributed by atoms with Crippen LogP contribution in [0.25, 0.3) is 0 Å². The molecule has 2 nitrogen and oxygen atoms in total. The van der Waals surface area contributed by atoms with E-state index in [0.29, 0.717) is 5.92 Å². The fourth-order valence-electron chi connectivity index (χ4n) is 1.88. The molecule has 2 unspecified atom stereocenters. The first-order valence-electron chi connectivity index (χ1n) is 5.40. The van der Waals surface area contributed by atoms with E-state index >= 15 is 0 Å². The Hall–Kier alpha value is -0.930. The van der Waals surface area contributed by atoms with Gasteiger partial charge in [-0.25, -0.2) is 4.39 Å². The summed E-state index contributed by atoms with van der Waals surface area (Å²) in [6.45, 7) is 4.30. The Morgan fingerprint density at radius 1 is 1.33 bits per heavy atom. The number of nitrogens with two attached hydrogens (primary N) is 1. The molecule has 84 valence electrons. The van der Waals surface area contributed by atoms with Gasteiger partial charge >= 0.3 is 0 Å². The average molecular weight is 210 g/mol. The number of hydrogen-bond acceptors (Lipinski definition) is 2. The van der Waals surface area contributed by atoms with Crippen LogP contribution in [-0.2, 0) is 0 Å². The summed E-state index contributed by atoms with van der Waals surface area (Å²) in [7, 11) is 0. The zero-order chi connectivity index (χ0) is 11.3. The lowest BCUT2D eigenvalue weighted by atomic mass is 9.91. The molecule has 0 saturated heterocycles. The van der Waals surface area contributed by atoms with Crippen molar-refractivity contribution in [3.05, 3.63) is 35.6 Å². The molecule has 0 heterocycles. The summed E-state index contributed by atoms with van der Waals surface area (Å²) in [6, 6.07) is 6.61. The van der Waals surface area contributed by atoms with E-state index in [4.69, 9.17) is 5.84 Å². The van der Waals surface area contributed by atoms with Gasteiger partial charge in [-0.2, -0.15) is 0 Å². The highest BCUT2D eigenvalue weighted by atomic mass is 19.1. The van der Waals surface area contributed by atoms with Crippen LogP contribution in [0.15, 0.2) is 24.3 Å². The molecule has 0 fully saturated rings. The predicted molar refractivity (Wildman–Crippen MR) is 60.5 cm³/mol. The highest BCUT2D eigenvalue weighted by molar-refractivity contribution is 5.20. The zero-order valence-electron chi connectivity index (χ0n) is 9.33. The smallest absolute Gasteiger partial charge is 0.123 e. The number of rotatable bonds is 5. The second-order valence-corrected chi connectivity index (χ2v) is 3.96. The molecule has 3 N–H and O–H groups in total. The molecule has 0 spiro atoms. The molecule has 15 heavy (non-hydrogen) atoms. The van der Waals surface area contributed by atoms with Gasteiger partial charge in [0.05, 0.1) is 0 Å². The van der Waals surface area contributed by atoms with E-state index in [9.17, 15) is 4.39 Å². The van der Waals surface area contributed by atoms with Gasteiger partial charge in [-0.05, 0) is 30.0 Å². The van der Waals surface area contributed by atoms with Gasteiger partial charge in [0, 0.05) is 6.04 Å². The van der Waals surface area contributed by atoms with E-state index < -0.39 is 0 Å². The summed E-state index contributed by atoms with van der Waals surface area (Å²) in [5.74, 6) is 5.77. The Bertz CT molecular complexity index is 284. The van der Waals surface area contributed by atoms with Crippen molar-refractivity contribution in [3.63, 3.8) is 0 Å². The Morgan fingerprint density at radius 3 is 2.40 bits per heavy atom. The summed E-state index contributed by atoms with van der Waals surface area (Å²) >= 11 is 0. The van der Waals surface area contributed by atoms with Crippen LogP contribution in [0.1, 0.15) is 38.3 Å². The van der Waals surface area contributed by atoms with E-state index in [1.54, 1.807) is 12.1 Å². The largest absolute Gasteiger partial charge is 0.271 e. The van der Waals surface area contributed by atoms with Gasteiger partial charge in [0.15, 0.2) is 0 Å². The van der Waals surface area contributed by atoms with Gasteiger partial charge in [0.25, 0.3) is 0 Å². The van der Waals surface area contributed by atoms with Crippen LogP contribution in [0, 0.1) is 11.7 Å². The van der Waals surface area contributed by atoms with Crippen molar-refractivity contribution >= 4 is 0 Å². The summed E-state index contributed by atoms with van der Waals surface area (Å²) in [4.78, 5) is 0. The lowest BCUT2D eigenvalue weighted by Gasteiger charge is -2.23. The van der Waals surface area contributed by atoms with E-state index in [1.165, 1.54) is 12.1 Å². The first-order chi connectivity index (χ1) is 7.19. The maximum Gasteiger partial charge on any atom is 0.123 e. The number of hydrazine groups is 1. The molecule has 0 aliphatic carbocycles. The first-order valence-corrected chi connectivity index (χ1v) is 5.40. The van der Waals surface area contributed by atoms with Crippen LogP contribution in [0.4, 0.5) is 4.39 Å². The Balaban J connectivity index is 2.77. The maximum absolute atomic E-state index is 12.8. The van der Waals surface area contributed by atoms with Gasteiger partial charge < -0.3 is 0 Å². The molecule has 2 atom stereocenters. The quantitative estimate of drug-likeness (QED) is 0.579. The topological polar surface area (TPSA) is 38.0 Å². The molecule has 1 rings (SSSR count). The number of benzene rings is 1. The van der Waals surface area contributed by atoms with Crippen LogP contribution in [-0.4, -0.2) is 0 Å². The zero-order valence-corrected chi connectivity index (χ0v) is 9.33. The average Bonchev–Trinajstić information content (AvgIpc) is 2.22. The Morgan fingerprint density at radius 2 is 1.93 bits per heavy atom. The third kappa shape index (κ3) is 3.29. The van der Waals surface area contributed by atoms with Crippen LogP contribution in [0.2, 0.25) is 0 Å². The van der Waals surface area contributed by atoms with Gasteiger partial charge in [-0.15, -0.1) is 0 Å². The van der Waals surface area contributed by atoms with Crippen molar-refractivity contribution in [3.8, 4) is 0 Å². The van der Waals surface area contributed by atoms with E-state index in [2.05, 4.69) is 19.3 Å². The fourth-order valence-corrected chi connectivity index (χ4v) is 1.88. The Labute approximate surface area is 90.6 Å². The van der Waals surface area contributed by atoms with Crippen molar-refractivity contribution in [1.82, 2.24) is 5.43 Å². The van der Waals surface area contributed by atoms with Crippen LogP contribution >= 0.6 is 0 Å². The molecule has 1 aromatic rings. The molecular weight excluding hydrogens is 191 g/mol. The minimum atomic E-state index is -0.210. The molecule has 3 heteroatoms. The van der Waals surface area contributed by atoms with Crippen LogP contribution < -0.4 is 11.3 Å². The van der Waals surface area contributed by atoms with Crippen molar-refractivity contribution in [2.45, 2.75) is 32.7 Å².